The Balaban J connectivity index is 2.11. The molecule has 0 aliphatic heterocycles. The lowest BCUT2D eigenvalue weighted by Crippen LogP contribution is -2.16. The highest BCUT2D eigenvalue weighted by molar-refractivity contribution is 7.16. The summed E-state index contributed by atoms with van der Waals surface area (Å²) >= 11 is 1.65. The van der Waals surface area contributed by atoms with Crippen LogP contribution in [0.3, 0.4) is 0 Å². The Kier molecular flexibility index (Phi) is 4.75. The molecule has 0 radical (unpaired) electrons. The van der Waals surface area contributed by atoms with E-state index in [4.69, 9.17) is 5.73 Å². The van der Waals surface area contributed by atoms with Crippen molar-refractivity contribution in [3.05, 3.63) is 10.8 Å². The highest BCUT2D eigenvalue weighted by atomic mass is 32.1. The summed E-state index contributed by atoms with van der Waals surface area (Å²) < 4.78 is 1.91. The number of aromatic nitrogens is 4. The van der Waals surface area contributed by atoms with Gasteiger partial charge in [0.2, 0.25) is 4.96 Å². The second-order valence-electron chi connectivity index (χ2n) is 6.35. The van der Waals surface area contributed by atoms with Gasteiger partial charge in [-0.2, -0.15) is 9.61 Å². The smallest absolute Gasteiger partial charge is 0.234 e. The predicted molar refractivity (Wildman–Crippen MR) is 83.1 cm³/mol. The van der Waals surface area contributed by atoms with Gasteiger partial charge in [-0.25, -0.2) is 0 Å². The summed E-state index contributed by atoms with van der Waals surface area (Å²) in [5.74, 6) is 1.64. The molecule has 112 valence electrons. The van der Waals surface area contributed by atoms with Crippen molar-refractivity contribution < 1.29 is 0 Å². The number of nitrogens with two attached hydrogens (primary N) is 1. The van der Waals surface area contributed by atoms with Crippen LogP contribution in [0.25, 0.3) is 4.96 Å². The zero-order valence-corrected chi connectivity index (χ0v) is 13.7. The Morgan fingerprint density at radius 1 is 1.25 bits per heavy atom. The van der Waals surface area contributed by atoms with Crippen molar-refractivity contribution in [2.45, 2.75) is 58.8 Å². The van der Waals surface area contributed by atoms with Gasteiger partial charge >= 0.3 is 0 Å². The summed E-state index contributed by atoms with van der Waals surface area (Å²) in [7, 11) is 0. The molecule has 0 aliphatic carbocycles. The van der Waals surface area contributed by atoms with Crippen LogP contribution in [0.5, 0.6) is 0 Å². The summed E-state index contributed by atoms with van der Waals surface area (Å²) in [5.41, 5.74) is 5.62. The lowest BCUT2D eigenvalue weighted by Gasteiger charge is -2.14. The van der Waals surface area contributed by atoms with Gasteiger partial charge in [0.15, 0.2) is 5.82 Å². The van der Waals surface area contributed by atoms with E-state index in [1.54, 1.807) is 11.3 Å². The van der Waals surface area contributed by atoms with Crippen LogP contribution in [0.4, 0.5) is 0 Å². The normalized spacial score (nSPS) is 14.1. The molecule has 2 aromatic heterocycles. The minimum atomic E-state index is -0.0315. The molecule has 6 heteroatoms. The monoisotopic (exact) mass is 295 g/mol. The summed E-state index contributed by atoms with van der Waals surface area (Å²) in [4.78, 5) is 0.900. The molecule has 0 bridgehead atoms. The van der Waals surface area contributed by atoms with E-state index >= 15 is 0 Å². The zero-order valence-electron chi connectivity index (χ0n) is 12.9. The third kappa shape index (κ3) is 3.35. The topological polar surface area (TPSA) is 69.1 Å². The molecule has 0 saturated heterocycles. The number of aryl methyl sites for hydroxylation is 1. The number of nitrogens with zero attached hydrogens (tertiary/aromatic N) is 4. The first kappa shape index (κ1) is 15.4. The molecule has 0 spiro atoms. The van der Waals surface area contributed by atoms with Gasteiger partial charge in [0.1, 0.15) is 5.01 Å². The van der Waals surface area contributed by atoms with Crippen molar-refractivity contribution in [2.75, 3.05) is 6.54 Å². The standard InChI is InChI=1S/C14H25N5S/c1-5-10(8-9-15)6-7-11-18-19-12(14(2,3)4)16-17-13(19)20-11/h10H,5-9,15H2,1-4H3. The Labute approximate surface area is 124 Å². The Bertz CT molecular complexity index is 551. The van der Waals surface area contributed by atoms with Crippen LogP contribution in [0.1, 0.15) is 57.8 Å². The fourth-order valence-electron chi connectivity index (χ4n) is 2.34. The van der Waals surface area contributed by atoms with Crippen LogP contribution in [0.15, 0.2) is 0 Å². The molecule has 5 nitrogen and oxygen atoms in total. The van der Waals surface area contributed by atoms with Crippen LogP contribution < -0.4 is 5.73 Å². The van der Waals surface area contributed by atoms with E-state index in [0.717, 1.165) is 41.6 Å². The second-order valence-corrected chi connectivity index (χ2v) is 7.39. The van der Waals surface area contributed by atoms with Gasteiger partial charge in [0.05, 0.1) is 0 Å². The minimum absolute atomic E-state index is 0.0315. The van der Waals surface area contributed by atoms with Crippen LogP contribution in [0.2, 0.25) is 0 Å². The highest BCUT2D eigenvalue weighted by Gasteiger charge is 2.23. The third-order valence-corrected chi connectivity index (χ3v) is 4.58. The van der Waals surface area contributed by atoms with Gasteiger partial charge in [0, 0.05) is 11.8 Å². The molecule has 2 rings (SSSR count). The fraction of sp³-hybridized carbons (Fsp3) is 0.786. The quantitative estimate of drug-likeness (QED) is 0.889. The van der Waals surface area contributed by atoms with E-state index in [1.165, 1.54) is 6.42 Å². The maximum atomic E-state index is 5.65. The van der Waals surface area contributed by atoms with Crippen LogP contribution in [-0.4, -0.2) is 26.4 Å². The Hall–Kier alpha value is -1.01. The lowest BCUT2D eigenvalue weighted by atomic mass is 9.96. The van der Waals surface area contributed by atoms with Crippen molar-refractivity contribution in [3.63, 3.8) is 0 Å². The minimum Gasteiger partial charge on any atom is -0.330 e. The number of hydrogen-bond acceptors (Lipinski definition) is 5. The fourth-order valence-corrected chi connectivity index (χ4v) is 3.19. The molecule has 0 aliphatic rings. The first-order valence-corrected chi connectivity index (χ1v) is 8.19. The summed E-state index contributed by atoms with van der Waals surface area (Å²) in [6.07, 6.45) is 4.46. The predicted octanol–water partition coefficient (Wildman–Crippen LogP) is 2.79. The summed E-state index contributed by atoms with van der Waals surface area (Å²) in [6, 6.07) is 0. The highest BCUT2D eigenvalue weighted by Crippen LogP contribution is 2.24. The van der Waals surface area contributed by atoms with Crippen molar-refractivity contribution >= 4 is 16.3 Å². The summed E-state index contributed by atoms with van der Waals surface area (Å²) in [6.45, 7) is 9.42. The van der Waals surface area contributed by atoms with Crippen LogP contribution in [-0.2, 0) is 11.8 Å². The first-order chi connectivity index (χ1) is 9.45. The van der Waals surface area contributed by atoms with Gasteiger partial charge in [0.25, 0.3) is 0 Å². The Morgan fingerprint density at radius 2 is 2.00 bits per heavy atom. The first-order valence-electron chi connectivity index (χ1n) is 7.37. The average molecular weight is 295 g/mol. The largest absolute Gasteiger partial charge is 0.330 e. The van der Waals surface area contributed by atoms with Crippen molar-refractivity contribution in [1.82, 2.24) is 19.8 Å². The number of fused-ring (bicyclic) bond motifs is 1. The van der Waals surface area contributed by atoms with Crippen LogP contribution in [0, 0.1) is 5.92 Å². The molecule has 2 N–H and O–H groups in total. The molecule has 0 aromatic carbocycles. The van der Waals surface area contributed by atoms with E-state index < -0.39 is 0 Å². The molecule has 1 atom stereocenters. The molecule has 1 unspecified atom stereocenters. The Morgan fingerprint density at radius 3 is 2.60 bits per heavy atom. The molecular formula is C14H25N5S. The molecule has 2 heterocycles. The van der Waals surface area contributed by atoms with E-state index in [2.05, 4.69) is 43.0 Å². The molecule has 0 saturated carbocycles. The maximum absolute atomic E-state index is 5.65. The van der Waals surface area contributed by atoms with Gasteiger partial charge < -0.3 is 5.73 Å². The maximum Gasteiger partial charge on any atom is 0.234 e. The van der Waals surface area contributed by atoms with E-state index in [0.29, 0.717) is 5.92 Å². The van der Waals surface area contributed by atoms with Crippen molar-refractivity contribution in [2.24, 2.45) is 11.7 Å². The summed E-state index contributed by atoms with van der Waals surface area (Å²) in [5, 5.41) is 14.3. The zero-order chi connectivity index (χ0) is 14.8. The molecule has 0 amide bonds. The molecule has 0 fully saturated rings. The number of rotatable bonds is 6. The van der Waals surface area contributed by atoms with Crippen molar-refractivity contribution in [1.29, 1.82) is 0 Å². The molecule has 20 heavy (non-hydrogen) atoms. The molecular weight excluding hydrogens is 270 g/mol. The van der Waals surface area contributed by atoms with Gasteiger partial charge in [-0.1, -0.05) is 45.5 Å². The van der Waals surface area contributed by atoms with E-state index in [1.807, 2.05) is 4.52 Å². The average Bonchev–Trinajstić information content (AvgIpc) is 2.92. The van der Waals surface area contributed by atoms with Crippen molar-refractivity contribution in [3.8, 4) is 0 Å². The van der Waals surface area contributed by atoms with E-state index in [9.17, 15) is 0 Å². The van der Waals surface area contributed by atoms with Gasteiger partial charge in [-0.15, -0.1) is 10.2 Å². The van der Waals surface area contributed by atoms with Gasteiger partial charge in [-0.05, 0) is 25.3 Å². The second kappa shape index (κ2) is 6.18. The lowest BCUT2D eigenvalue weighted by molar-refractivity contribution is 0.441. The SMILES string of the molecule is CCC(CCN)CCc1nn2c(C(C)(C)C)nnc2s1. The molecule has 2 aromatic rings. The van der Waals surface area contributed by atoms with Crippen LogP contribution >= 0.6 is 11.3 Å². The number of hydrogen-bond donors (Lipinski definition) is 1. The van der Waals surface area contributed by atoms with E-state index in [-0.39, 0.29) is 5.41 Å². The third-order valence-electron chi connectivity index (χ3n) is 3.62. The van der Waals surface area contributed by atoms with Gasteiger partial charge in [-0.3, -0.25) is 0 Å².